The van der Waals surface area contributed by atoms with Crippen LogP contribution in [0, 0.1) is 5.92 Å². The van der Waals surface area contributed by atoms with Crippen molar-refractivity contribution in [3.63, 3.8) is 0 Å². The molecular weight excluding hydrogens is 414 g/mol. The Bertz CT molecular complexity index is 1140. The highest BCUT2D eigenvalue weighted by molar-refractivity contribution is 7.89. The Morgan fingerprint density at radius 2 is 1.74 bits per heavy atom. The van der Waals surface area contributed by atoms with Crippen LogP contribution in [0.5, 0.6) is 0 Å². The van der Waals surface area contributed by atoms with Crippen LogP contribution in [-0.2, 0) is 19.6 Å². The van der Waals surface area contributed by atoms with Gasteiger partial charge in [0.1, 0.15) is 0 Å². The van der Waals surface area contributed by atoms with Gasteiger partial charge < -0.3 is 9.80 Å². The van der Waals surface area contributed by atoms with E-state index in [1.54, 1.807) is 28.0 Å². The summed E-state index contributed by atoms with van der Waals surface area (Å²) in [6, 6.07) is 12.2. The summed E-state index contributed by atoms with van der Waals surface area (Å²) < 4.78 is 26.8. The second-order valence-electron chi connectivity index (χ2n) is 8.25. The Labute approximate surface area is 183 Å². The van der Waals surface area contributed by atoms with Crippen molar-refractivity contribution >= 4 is 33.2 Å². The van der Waals surface area contributed by atoms with Crippen LogP contribution in [0.2, 0.25) is 0 Å². The van der Waals surface area contributed by atoms with Gasteiger partial charge in [-0.2, -0.15) is 0 Å². The molecule has 1 aliphatic carbocycles. The molecule has 0 radical (unpaired) electrons. The first-order chi connectivity index (χ1) is 14.7. The van der Waals surface area contributed by atoms with Gasteiger partial charge in [0, 0.05) is 19.4 Å². The smallest absolute Gasteiger partial charge is 0.240 e. The van der Waals surface area contributed by atoms with Crippen molar-refractivity contribution in [2.75, 3.05) is 23.4 Å². The zero-order valence-electron chi connectivity index (χ0n) is 18.0. The van der Waals surface area contributed by atoms with E-state index >= 15 is 0 Å². The molecule has 1 aliphatic heterocycles. The number of carbonyl (C=O) groups excluding carboxylic acids is 2. The molecule has 2 aromatic rings. The highest BCUT2D eigenvalue weighted by Crippen LogP contribution is 2.41. The summed E-state index contributed by atoms with van der Waals surface area (Å²) >= 11 is 0. The van der Waals surface area contributed by atoms with E-state index in [9.17, 15) is 18.0 Å². The lowest BCUT2D eigenvalue weighted by Gasteiger charge is -2.43. The predicted octanol–water partition coefficient (Wildman–Crippen LogP) is 3.15. The lowest BCUT2D eigenvalue weighted by atomic mass is 9.84. The Morgan fingerprint density at radius 1 is 1.03 bits per heavy atom. The predicted molar refractivity (Wildman–Crippen MR) is 120 cm³/mol. The molecule has 1 atom stereocenters. The number of rotatable bonds is 4. The maximum atomic E-state index is 13.2. The SMILES string of the molecule is CNS(=O)(=O)c1cccc(-c2ccc3c(c2)N(C(=O)C2CCC2)CC(C)N3C(C)=O)c1. The van der Waals surface area contributed by atoms with E-state index < -0.39 is 10.0 Å². The van der Waals surface area contributed by atoms with Gasteiger partial charge in [-0.05, 0) is 62.2 Å². The van der Waals surface area contributed by atoms with Gasteiger partial charge in [-0.25, -0.2) is 13.1 Å². The van der Waals surface area contributed by atoms with Gasteiger partial charge in [0.15, 0.2) is 0 Å². The minimum atomic E-state index is -3.57. The summed E-state index contributed by atoms with van der Waals surface area (Å²) in [5.74, 6) is 0.0715. The molecule has 1 heterocycles. The molecule has 1 N–H and O–H groups in total. The summed E-state index contributed by atoms with van der Waals surface area (Å²) in [7, 11) is -2.19. The fraction of sp³-hybridized carbons (Fsp3) is 0.391. The average Bonchev–Trinajstić information content (AvgIpc) is 2.71. The van der Waals surface area contributed by atoms with E-state index in [2.05, 4.69) is 4.72 Å². The van der Waals surface area contributed by atoms with Crippen LogP contribution in [0.25, 0.3) is 11.1 Å². The third-order valence-electron chi connectivity index (χ3n) is 6.22. The van der Waals surface area contributed by atoms with Gasteiger partial charge in [0.05, 0.1) is 22.3 Å². The van der Waals surface area contributed by atoms with Crippen LogP contribution in [0.4, 0.5) is 11.4 Å². The van der Waals surface area contributed by atoms with Crippen molar-refractivity contribution in [3.8, 4) is 11.1 Å². The van der Waals surface area contributed by atoms with Crippen molar-refractivity contribution in [2.24, 2.45) is 5.92 Å². The van der Waals surface area contributed by atoms with Crippen LogP contribution in [0.3, 0.4) is 0 Å². The molecule has 4 rings (SSSR count). The highest BCUT2D eigenvalue weighted by Gasteiger charge is 2.37. The fourth-order valence-electron chi connectivity index (χ4n) is 4.33. The molecule has 7 nitrogen and oxygen atoms in total. The molecule has 0 spiro atoms. The first-order valence-corrected chi connectivity index (χ1v) is 12.0. The minimum absolute atomic E-state index is 0.0386. The minimum Gasteiger partial charge on any atom is -0.308 e. The second kappa shape index (κ2) is 8.09. The summed E-state index contributed by atoms with van der Waals surface area (Å²) in [4.78, 5) is 29.2. The Morgan fingerprint density at radius 3 is 2.35 bits per heavy atom. The number of amides is 2. The summed E-state index contributed by atoms with van der Waals surface area (Å²) in [6.07, 6.45) is 2.87. The molecule has 8 heteroatoms. The van der Waals surface area contributed by atoms with E-state index in [0.29, 0.717) is 17.9 Å². The summed E-state index contributed by atoms with van der Waals surface area (Å²) in [6.45, 7) is 3.93. The fourth-order valence-corrected chi connectivity index (χ4v) is 5.11. The van der Waals surface area contributed by atoms with E-state index in [1.165, 1.54) is 14.0 Å². The number of anilines is 2. The molecule has 0 aromatic heterocycles. The van der Waals surface area contributed by atoms with Crippen LogP contribution in [-0.4, -0.2) is 39.9 Å². The molecule has 1 fully saturated rings. The van der Waals surface area contributed by atoms with Gasteiger partial charge >= 0.3 is 0 Å². The van der Waals surface area contributed by atoms with Crippen LogP contribution in [0.1, 0.15) is 33.1 Å². The van der Waals surface area contributed by atoms with E-state index in [4.69, 9.17) is 0 Å². The average molecular weight is 442 g/mol. The lowest BCUT2D eigenvalue weighted by molar-refractivity contribution is -0.125. The second-order valence-corrected chi connectivity index (χ2v) is 10.1. The van der Waals surface area contributed by atoms with Gasteiger partial charge in [0.25, 0.3) is 0 Å². The normalized spacial score (nSPS) is 19.0. The van der Waals surface area contributed by atoms with E-state index in [0.717, 1.165) is 30.4 Å². The Hall–Kier alpha value is -2.71. The number of benzene rings is 2. The molecule has 1 saturated carbocycles. The molecule has 2 aromatic carbocycles. The van der Waals surface area contributed by atoms with Crippen molar-refractivity contribution < 1.29 is 18.0 Å². The Balaban J connectivity index is 1.81. The van der Waals surface area contributed by atoms with Gasteiger partial charge in [-0.1, -0.05) is 24.6 Å². The molecule has 0 saturated heterocycles. The number of sulfonamides is 1. The maximum absolute atomic E-state index is 13.2. The topological polar surface area (TPSA) is 86.8 Å². The molecule has 1 unspecified atom stereocenters. The monoisotopic (exact) mass is 441 g/mol. The maximum Gasteiger partial charge on any atom is 0.240 e. The zero-order chi connectivity index (χ0) is 22.3. The molecule has 2 amide bonds. The van der Waals surface area contributed by atoms with E-state index in [1.807, 2.05) is 31.2 Å². The molecule has 2 aliphatic rings. The van der Waals surface area contributed by atoms with Crippen molar-refractivity contribution in [2.45, 2.75) is 44.0 Å². The van der Waals surface area contributed by atoms with Crippen LogP contribution < -0.4 is 14.5 Å². The van der Waals surface area contributed by atoms with Crippen molar-refractivity contribution in [1.29, 1.82) is 0 Å². The van der Waals surface area contributed by atoms with Crippen molar-refractivity contribution in [1.82, 2.24) is 4.72 Å². The third-order valence-corrected chi connectivity index (χ3v) is 7.63. The number of nitrogens with zero attached hydrogens (tertiary/aromatic N) is 2. The quantitative estimate of drug-likeness (QED) is 0.790. The van der Waals surface area contributed by atoms with Gasteiger partial charge in [-0.15, -0.1) is 0 Å². The largest absolute Gasteiger partial charge is 0.308 e. The zero-order valence-corrected chi connectivity index (χ0v) is 18.8. The van der Waals surface area contributed by atoms with E-state index in [-0.39, 0.29) is 28.7 Å². The summed E-state index contributed by atoms with van der Waals surface area (Å²) in [5.41, 5.74) is 2.92. The Kier molecular flexibility index (Phi) is 5.61. The third kappa shape index (κ3) is 3.85. The lowest BCUT2D eigenvalue weighted by Crippen LogP contribution is -2.53. The number of nitrogens with one attached hydrogen (secondary N) is 1. The van der Waals surface area contributed by atoms with Gasteiger partial charge in [0.2, 0.25) is 21.8 Å². The van der Waals surface area contributed by atoms with Crippen molar-refractivity contribution in [3.05, 3.63) is 42.5 Å². The standard InChI is InChI=1S/C23H27N3O4S/c1-15-14-25(23(28)17-6-4-7-17)22-13-19(10-11-21(22)26(15)16(2)27)18-8-5-9-20(12-18)31(29,30)24-3/h5,8-13,15,17,24H,4,6-7,14H2,1-3H3. The molecule has 0 bridgehead atoms. The first kappa shape index (κ1) is 21.5. The summed E-state index contributed by atoms with van der Waals surface area (Å²) in [5, 5.41) is 0. The van der Waals surface area contributed by atoms with Crippen LogP contribution >= 0.6 is 0 Å². The number of hydrogen-bond donors (Lipinski definition) is 1. The number of hydrogen-bond acceptors (Lipinski definition) is 4. The number of carbonyl (C=O) groups is 2. The molecular formula is C23H27N3O4S. The number of fused-ring (bicyclic) bond motifs is 1. The highest BCUT2D eigenvalue weighted by atomic mass is 32.2. The molecule has 31 heavy (non-hydrogen) atoms. The molecule has 164 valence electrons. The first-order valence-electron chi connectivity index (χ1n) is 10.5. The van der Waals surface area contributed by atoms with Gasteiger partial charge in [-0.3, -0.25) is 9.59 Å². The van der Waals surface area contributed by atoms with Crippen LogP contribution in [0.15, 0.2) is 47.4 Å².